The Labute approximate surface area is 130 Å². The van der Waals surface area contributed by atoms with Gasteiger partial charge in [-0.05, 0) is 26.2 Å². The largest absolute Gasteiger partial charge is 0.494 e. The van der Waals surface area contributed by atoms with Gasteiger partial charge in [-0.3, -0.25) is 4.79 Å². The molecule has 122 valence electrons. The summed E-state index contributed by atoms with van der Waals surface area (Å²) in [5, 5.41) is 0. The first-order valence-corrected chi connectivity index (χ1v) is 7.37. The summed E-state index contributed by atoms with van der Waals surface area (Å²) in [5.74, 6) is -0.619. The van der Waals surface area contributed by atoms with E-state index in [1.165, 1.54) is 19.2 Å². The molecule has 0 aromatic heterocycles. The standard InChI is InChI=1S/C16H23FN2O3/c1-18(2)9-12-10-19(7-8-22-11-12)16(20)13-5-4-6-14(21-3)15(13)17/h4-6,12H,7-11H2,1-3H3. The second-order valence-electron chi connectivity index (χ2n) is 5.78. The number of hydrogen-bond donors (Lipinski definition) is 0. The maximum atomic E-state index is 14.3. The number of nitrogens with zero attached hydrogens (tertiary/aromatic N) is 2. The van der Waals surface area contributed by atoms with Crippen molar-refractivity contribution in [2.24, 2.45) is 5.92 Å². The Morgan fingerprint density at radius 3 is 2.95 bits per heavy atom. The number of carbonyl (C=O) groups excluding carboxylic acids is 1. The van der Waals surface area contributed by atoms with Crippen molar-refractivity contribution in [3.05, 3.63) is 29.6 Å². The average molecular weight is 310 g/mol. The van der Waals surface area contributed by atoms with Crippen LogP contribution in [0.25, 0.3) is 0 Å². The summed E-state index contributed by atoms with van der Waals surface area (Å²) in [6, 6.07) is 4.63. The van der Waals surface area contributed by atoms with Crippen LogP contribution in [0.15, 0.2) is 18.2 Å². The van der Waals surface area contributed by atoms with Gasteiger partial charge in [0.25, 0.3) is 5.91 Å². The molecule has 1 aromatic rings. The number of methoxy groups -OCH3 is 1. The van der Waals surface area contributed by atoms with Gasteiger partial charge in [-0.2, -0.15) is 0 Å². The van der Waals surface area contributed by atoms with Crippen LogP contribution >= 0.6 is 0 Å². The molecule has 22 heavy (non-hydrogen) atoms. The maximum absolute atomic E-state index is 14.3. The highest BCUT2D eigenvalue weighted by atomic mass is 19.1. The quantitative estimate of drug-likeness (QED) is 0.845. The molecule has 1 fully saturated rings. The second kappa shape index (κ2) is 7.56. The van der Waals surface area contributed by atoms with Crippen molar-refractivity contribution < 1.29 is 18.7 Å². The van der Waals surface area contributed by atoms with Crippen LogP contribution in [0.2, 0.25) is 0 Å². The third kappa shape index (κ3) is 3.96. The van der Waals surface area contributed by atoms with Gasteiger partial charge in [0.15, 0.2) is 11.6 Å². The van der Waals surface area contributed by atoms with E-state index in [1.807, 2.05) is 14.1 Å². The lowest BCUT2D eigenvalue weighted by molar-refractivity contribution is 0.0729. The van der Waals surface area contributed by atoms with E-state index in [4.69, 9.17) is 9.47 Å². The molecule has 1 aliphatic heterocycles. The molecule has 0 radical (unpaired) electrons. The van der Waals surface area contributed by atoms with E-state index in [0.29, 0.717) is 26.3 Å². The monoisotopic (exact) mass is 310 g/mol. The molecule has 1 saturated heterocycles. The molecular weight excluding hydrogens is 287 g/mol. The van der Waals surface area contributed by atoms with Gasteiger partial charge in [-0.15, -0.1) is 0 Å². The topological polar surface area (TPSA) is 42.0 Å². The number of amides is 1. The summed E-state index contributed by atoms with van der Waals surface area (Å²) in [4.78, 5) is 16.4. The predicted octanol–water partition coefficient (Wildman–Crippen LogP) is 1.48. The van der Waals surface area contributed by atoms with Crippen molar-refractivity contribution in [2.45, 2.75) is 0 Å². The maximum Gasteiger partial charge on any atom is 0.257 e. The van der Waals surface area contributed by atoms with Crippen LogP contribution in [0, 0.1) is 11.7 Å². The van der Waals surface area contributed by atoms with Crippen LogP contribution in [0.3, 0.4) is 0 Å². The summed E-state index contributed by atoms with van der Waals surface area (Å²) in [5.41, 5.74) is 0.0462. The zero-order chi connectivity index (χ0) is 16.1. The summed E-state index contributed by atoms with van der Waals surface area (Å²) in [7, 11) is 5.36. The summed E-state index contributed by atoms with van der Waals surface area (Å²) in [6.07, 6.45) is 0. The SMILES string of the molecule is COc1cccc(C(=O)N2CCOCC(CN(C)C)C2)c1F. The number of rotatable bonds is 4. The second-order valence-corrected chi connectivity index (χ2v) is 5.78. The minimum absolute atomic E-state index is 0.0462. The van der Waals surface area contributed by atoms with E-state index in [0.717, 1.165) is 6.54 Å². The normalized spacial score (nSPS) is 19.1. The van der Waals surface area contributed by atoms with Crippen LogP contribution < -0.4 is 4.74 Å². The Bertz CT molecular complexity index is 522. The minimum atomic E-state index is -0.607. The molecule has 1 aromatic carbocycles. The van der Waals surface area contributed by atoms with E-state index < -0.39 is 5.82 Å². The Morgan fingerprint density at radius 2 is 2.27 bits per heavy atom. The minimum Gasteiger partial charge on any atom is -0.494 e. The third-order valence-corrected chi connectivity index (χ3v) is 3.66. The zero-order valence-corrected chi connectivity index (χ0v) is 13.3. The molecule has 0 bridgehead atoms. The van der Waals surface area contributed by atoms with Crippen LogP contribution in [-0.4, -0.2) is 69.8 Å². The Balaban J connectivity index is 2.17. The molecule has 0 saturated carbocycles. The molecule has 0 spiro atoms. The Kier molecular flexibility index (Phi) is 5.74. The van der Waals surface area contributed by atoms with Crippen molar-refractivity contribution in [3.63, 3.8) is 0 Å². The van der Waals surface area contributed by atoms with E-state index in [1.54, 1.807) is 11.0 Å². The zero-order valence-electron chi connectivity index (χ0n) is 13.3. The highest BCUT2D eigenvalue weighted by Crippen LogP contribution is 2.22. The first-order chi connectivity index (χ1) is 10.5. The van der Waals surface area contributed by atoms with Crippen LogP contribution in [0.4, 0.5) is 4.39 Å². The fourth-order valence-corrected chi connectivity index (χ4v) is 2.70. The van der Waals surface area contributed by atoms with Crippen LogP contribution in [-0.2, 0) is 4.74 Å². The van der Waals surface area contributed by atoms with E-state index in [-0.39, 0.29) is 23.1 Å². The fraction of sp³-hybridized carbons (Fsp3) is 0.562. The summed E-state index contributed by atoms with van der Waals surface area (Å²) < 4.78 is 24.8. The first-order valence-electron chi connectivity index (χ1n) is 7.37. The van der Waals surface area contributed by atoms with E-state index >= 15 is 0 Å². The van der Waals surface area contributed by atoms with Gasteiger partial charge in [0.2, 0.25) is 0 Å². The van der Waals surface area contributed by atoms with Crippen LogP contribution in [0.5, 0.6) is 5.75 Å². The van der Waals surface area contributed by atoms with Crippen molar-refractivity contribution in [2.75, 3.05) is 54.1 Å². The molecule has 6 heteroatoms. The number of ether oxygens (including phenoxy) is 2. The molecule has 0 N–H and O–H groups in total. The molecule has 1 heterocycles. The smallest absolute Gasteiger partial charge is 0.257 e. The highest BCUT2D eigenvalue weighted by molar-refractivity contribution is 5.95. The van der Waals surface area contributed by atoms with Gasteiger partial charge >= 0.3 is 0 Å². The number of carbonyl (C=O) groups is 1. The molecule has 1 aliphatic rings. The number of benzene rings is 1. The van der Waals surface area contributed by atoms with Gasteiger partial charge in [-0.25, -0.2) is 4.39 Å². The molecule has 1 unspecified atom stereocenters. The van der Waals surface area contributed by atoms with Gasteiger partial charge in [0.05, 0.1) is 25.9 Å². The number of hydrogen-bond acceptors (Lipinski definition) is 4. The molecule has 0 aliphatic carbocycles. The van der Waals surface area contributed by atoms with Gasteiger partial charge in [0, 0.05) is 25.6 Å². The van der Waals surface area contributed by atoms with Crippen LogP contribution in [0.1, 0.15) is 10.4 Å². The molecule has 1 amide bonds. The lowest BCUT2D eigenvalue weighted by Crippen LogP contribution is -2.39. The van der Waals surface area contributed by atoms with Crippen molar-refractivity contribution in [1.29, 1.82) is 0 Å². The van der Waals surface area contributed by atoms with E-state index in [2.05, 4.69) is 4.90 Å². The Morgan fingerprint density at radius 1 is 1.50 bits per heavy atom. The third-order valence-electron chi connectivity index (χ3n) is 3.66. The molecular formula is C16H23FN2O3. The van der Waals surface area contributed by atoms with E-state index in [9.17, 15) is 9.18 Å². The fourth-order valence-electron chi connectivity index (χ4n) is 2.70. The summed E-state index contributed by atoms with van der Waals surface area (Å²) in [6.45, 7) is 2.95. The summed E-state index contributed by atoms with van der Waals surface area (Å²) >= 11 is 0. The van der Waals surface area contributed by atoms with Gasteiger partial charge in [-0.1, -0.05) is 6.07 Å². The van der Waals surface area contributed by atoms with Crippen molar-refractivity contribution in [1.82, 2.24) is 9.80 Å². The molecule has 1 atom stereocenters. The predicted molar refractivity (Wildman–Crippen MR) is 81.7 cm³/mol. The molecule has 2 rings (SSSR count). The highest BCUT2D eigenvalue weighted by Gasteiger charge is 2.26. The van der Waals surface area contributed by atoms with Gasteiger partial charge in [0.1, 0.15) is 0 Å². The van der Waals surface area contributed by atoms with Crippen molar-refractivity contribution in [3.8, 4) is 5.75 Å². The van der Waals surface area contributed by atoms with Gasteiger partial charge < -0.3 is 19.3 Å². The van der Waals surface area contributed by atoms with Crippen molar-refractivity contribution >= 4 is 5.91 Å². The lowest BCUT2D eigenvalue weighted by atomic mass is 10.1. The lowest BCUT2D eigenvalue weighted by Gasteiger charge is -2.25. The molecule has 5 nitrogen and oxygen atoms in total. The number of halogens is 1. The Hall–Kier alpha value is -1.66. The first kappa shape index (κ1) is 16.7. The average Bonchev–Trinajstić information content (AvgIpc) is 2.71.